The van der Waals surface area contributed by atoms with Gasteiger partial charge in [0.15, 0.2) is 0 Å². The van der Waals surface area contributed by atoms with E-state index in [0.717, 1.165) is 5.56 Å². The molecule has 0 aliphatic rings. The van der Waals surface area contributed by atoms with Gasteiger partial charge in [0.25, 0.3) is 0 Å². The summed E-state index contributed by atoms with van der Waals surface area (Å²) in [7, 11) is -1.31. The molecule has 0 aromatic carbocycles. The molecule has 0 amide bonds. The van der Waals surface area contributed by atoms with Crippen LogP contribution in [0.5, 0.6) is 0 Å². The Balaban J connectivity index is 0. The fourth-order valence-corrected chi connectivity index (χ4v) is 1.50. The Bertz CT molecular complexity index is 204. The summed E-state index contributed by atoms with van der Waals surface area (Å²) in [6.07, 6.45) is 0. The topological polar surface area (TPSA) is 40.5 Å². The molecule has 0 unspecified atom stereocenters. The summed E-state index contributed by atoms with van der Waals surface area (Å²) in [5.41, 5.74) is 1.55. The van der Waals surface area contributed by atoms with Crippen LogP contribution in [-0.4, -0.2) is 17.2 Å². The van der Waals surface area contributed by atoms with Crippen LogP contribution < -0.4 is 5.46 Å². The Labute approximate surface area is 60.9 Å². The van der Waals surface area contributed by atoms with Crippen LogP contribution in [0.1, 0.15) is 8.42 Å². The zero-order valence-electron chi connectivity index (χ0n) is 5.03. The highest BCUT2D eigenvalue weighted by atomic mass is 32.1. The number of thiophene rings is 1. The third-order valence-electron chi connectivity index (χ3n) is 1.17. The molecule has 0 fully saturated rings. The Hall–Kier alpha value is -0.315. The number of aryl methyl sites for hydroxylation is 1. The summed E-state index contributed by atoms with van der Waals surface area (Å²) < 4.78 is 0. The Morgan fingerprint density at radius 2 is 2.22 bits per heavy atom. The van der Waals surface area contributed by atoms with E-state index in [-0.39, 0.29) is 2.85 Å². The third kappa shape index (κ3) is 1.33. The fraction of sp³-hybridized carbons (Fsp3) is 0.200. The van der Waals surface area contributed by atoms with Gasteiger partial charge < -0.3 is 10.0 Å². The van der Waals surface area contributed by atoms with E-state index in [1.807, 2.05) is 12.3 Å². The van der Waals surface area contributed by atoms with Crippen LogP contribution in [0.25, 0.3) is 0 Å². The molecule has 9 heavy (non-hydrogen) atoms. The molecule has 2 N–H and O–H groups in total. The quantitative estimate of drug-likeness (QED) is 0.556. The molecule has 1 heterocycles. The van der Waals surface area contributed by atoms with Gasteiger partial charge >= 0.3 is 7.12 Å². The van der Waals surface area contributed by atoms with Crippen LogP contribution in [0.15, 0.2) is 10.8 Å². The average molecular weight is 146 g/mol. The van der Waals surface area contributed by atoms with Gasteiger partial charge in [-0.15, -0.1) is 0 Å². The molecule has 0 aliphatic heterocycles. The zero-order chi connectivity index (χ0) is 6.85. The highest BCUT2D eigenvalue weighted by molar-refractivity contribution is 7.09. The van der Waals surface area contributed by atoms with Gasteiger partial charge in [0, 0.05) is 2.85 Å². The van der Waals surface area contributed by atoms with Gasteiger partial charge in [-0.05, 0) is 28.7 Å². The van der Waals surface area contributed by atoms with Crippen molar-refractivity contribution in [3.63, 3.8) is 0 Å². The van der Waals surface area contributed by atoms with Crippen LogP contribution >= 0.6 is 11.3 Å². The van der Waals surface area contributed by atoms with Crippen LogP contribution in [0, 0.1) is 6.92 Å². The highest BCUT2D eigenvalue weighted by Crippen LogP contribution is 2.01. The molecule has 0 bridgehead atoms. The first-order chi connectivity index (χ1) is 4.22. The monoisotopic (exact) mass is 146 g/mol. The molecule has 1 rings (SSSR count). The molecule has 0 spiro atoms. The van der Waals surface area contributed by atoms with Gasteiger partial charge in [-0.25, -0.2) is 0 Å². The van der Waals surface area contributed by atoms with E-state index in [0.29, 0.717) is 5.46 Å². The van der Waals surface area contributed by atoms with Gasteiger partial charge in [-0.3, -0.25) is 0 Å². The van der Waals surface area contributed by atoms with Crippen molar-refractivity contribution >= 4 is 23.9 Å². The first-order valence-corrected chi connectivity index (χ1v) is 3.55. The summed E-state index contributed by atoms with van der Waals surface area (Å²) in [6, 6.07) is 0. The van der Waals surface area contributed by atoms with E-state index in [1.165, 1.54) is 11.3 Å². The predicted molar refractivity (Wildman–Crippen MR) is 43.1 cm³/mol. The zero-order valence-corrected chi connectivity index (χ0v) is 5.85. The maximum Gasteiger partial charge on any atom is 0.489 e. The molecule has 1 aromatic rings. The van der Waals surface area contributed by atoms with Crippen LogP contribution in [-0.2, 0) is 0 Å². The maximum atomic E-state index is 8.66. The predicted octanol–water partition coefficient (Wildman–Crippen LogP) is 0.228. The second-order valence-corrected chi connectivity index (χ2v) is 2.63. The normalized spacial score (nSPS) is 9.67. The minimum absolute atomic E-state index is 0. The molecule has 2 nitrogen and oxygen atoms in total. The maximum absolute atomic E-state index is 8.66. The smallest absolute Gasteiger partial charge is 0.423 e. The lowest BCUT2D eigenvalue weighted by molar-refractivity contribution is 0.425. The van der Waals surface area contributed by atoms with Crippen molar-refractivity contribution in [2.75, 3.05) is 0 Å². The highest BCUT2D eigenvalue weighted by Gasteiger charge is 2.13. The van der Waals surface area contributed by atoms with Crippen molar-refractivity contribution < 1.29 is 12.9 Å². The lowest BCUT2D eigenvalue weighted by Crippen LogP contribution is -2.30. The van der Waals surface area contributed by atoms with Crippen LogP contribution in [0.4, 0.5) is 0 Å². The Kier molecular flexibility index (Phi) is 1.90. The summed E-state index contributed by atoms with van der Waals surface area (Å²) in [5, 5.41) is 20.9. The molecule has 0 atom stereocenters. The van der Waals surface area contributed by atoms with E-state index < -0.39 is 7.12 Å². The minimum Gasteiger partial charge on any atom is -0.423 e. The fourth-order valence-electron chi connectivity index (χ4n) is 0.635. The average Bonchev–Trinajstić information content (AvgIpc) is 2.13. The van der Waals surface area contributed by atoms with Crippen molar-refractivity contribution in [2.45, 2.75) is 6.92 Å². The summed E-state index contributed by atoms with van der Waals surface area (Å²) in [4.78, 5) is 0. The third-order valence-corrected chi connectivity index (χ3v) is 2.05. The summed E-state index contributed by atoms with van der Waals surface area (Å²) >= 11 is 1.47. The lowest BCUT2D eigenvalue weighted by Gasteiger charge is -1.93. The van der Waals surface area contributed by atoms with Crippen LogP contribution in [0.3, 0.4) is 0 Å². The molecule has 1 aromatic heterocycles. The molecule has 0 radical (unpaired) electrons. The van der Waals surface area contributed by atoms with Gasteiger partial charge in [0.2, 0.25) is 0 Å². The molecule has 52 valence electrons. The largest absolute Gasteiger partial charge is 0.489 e. The molecule has 0 saturated carbocycles. The van der Waals surface area contributed by atoms with Crippen molar-refractivity contribution in [3.8, 4) is 0 Å². The van der Waals surface area contributed by atoms with E-state index in [4.69, 9.17) is 10.0 Å². The van der Waals surface area contributed by atoms with Crippen molar-refractivity contribution in [2.24, 2.45) is 0 Å². The first-order valence-electron chi connectivity index (χ1n) is 2.60. The Morgan fingerprint density at radius 1 is 1.56 bits per heavy atom. The van der Waals surface area contributed by atoms with E-state index in [1.54, 1.807) is 5.38 Å². The molecule has 0 saturated heterocycles. The van der Waals surface area contributed by atoms with E-state index in [9.17, 15) is 0 Å². The van der Waals surface area contributed by atoms with Gasteiger partial charge in [-0.1, -0.05) is 0 Å². The van der Waals surface area contributed by atoms with Gasteiger partial charge in [0.1, 0.15) is 0 Å². The first kappa shape index (κ1) is 6.80. The lowest BCUT2D eigenvalue weighted by atomic mass is 9.80. The van der Waals surface area contributed by atoms with Crippen molar-refractivity contribution in [1.29, 1.82) is 0 Å². The Morgan fingerprint density at radius 3 is 2.44 bits per heavy atom. The van der Waals surface area contributed by atoms with E-state index >= 15 is 0 Å². The molecular formula is C5H11BO2S. The second-order valence-electron chi connectivity index (χ2n) is 1.88. The van der Waals surface area contributed by atoms with Crippen molar-refractivity contribution in [1.82, 2.24) is 0 Å². The number of rotatable bonds is 1. The van der Waals surface area contributed by atoms with Gasteiger partial charge in [-0.2, -0.15) is 11.3 Å². The minimum atomic E-state index is -1.31. The molecule has 0 aliphatic carbocycles. The molecule has 4 heteroatoms. The van der Waals surface area contributed by atoms with Crippen molar-refractivity contribution in [3.05, 3.63) is 16.3 Å². The standard InChI is InChI=1S/C5H7BO2S.2H2/c1-4-2-9-3-5(4)6(7)8;;/h2-3,7-8H,1H3;2*1H. The summed E-state index contributed by atoms with van der Waals surface area (Å²) in [5.74, 6) is 0. The summed E-state index contributed by atoms with van der Waals surface area (Å²) in [6.45, 7) is 1.85. The van der Waals surface area contributed by atoms with Crippen LogP contribution in [0.2, 0.25) is 0 Å². The SMILES string of the molecule is Cc1cscc1B(O)O.[HH].[HH]. The number of hydrogen-bond donors (Lipinski definition) is 2. The van der Waals surface area contributed by atoms with E-state index in [2.05, 4.69) is 0 Å². The van der Waals surface area contributed by atoms with Gasteiger partial charge in [0.05, 0.1) is 0 Å². The second kappa shape index (κ2) is 2.52. The molecular weight excluding hydrogens is 135 g/mol. The number of hydrogen-bond acceptors (Lipinski definition) is 3.